The molecule has 0 atom stereocenters. The number of aromatic carboxylic acids is 1. The van der Waals surface area contributed by atoms with Crippen LogP contribution in [0.1, 0.15) is 21.6 Å². The SMILES string of the molecule is Cc1cc(NCCc2ccnn2C)cc(C(=O)O)c1N. The van der Waals surface area contributed by atoms with Crippen LogP contribution in [0.4, 0.5) is 11.4 Å². The van der Waals surface area contributed by atoms with Crippen LogP contribution in [0.5, 0.6) is 0 Å². The van der Waals surface area contributed by atoms with Crippen molar-refractivity contribution in [3.63, 3.8) is 0 Å². The standard InChI is InChI=1S/C14H18N4O2/c1-9-7-10(8-12(13(9)15)14(19)20)16-5-3-11-4-6-17-18(11)2/h4,6-8,16H,3,5,15H2,1-2H3,(H,19,20). The molecule has 0 aliphatic rings. The van der Waals surface area contributed by atoms with E-state index in [0.717, 1.165) is 23.4 Å². The van der Waals surface area contributed by atoms with Gasteiger partial charge in [-0.25, -0.2) is 4.79 Å². The molecule has 6 nitrogen and oxygen atoms in total. The highest BCUT2D eigenvalue weighted by molar-refractivity contribution is 5.95. The zero-order chi connectivity index (χ0) is 14.7. The number of carbonyl (C=O) groups is 1. The summed E-state index contributed by atoms with van der Waals surface area (Å²) in [4.78, 5) is 11.1. The molecule has 20 heavy (non-hydrogen) atoms. The summed E-state index contributed by atoms with van der Waals surface area (Å²) in [7, 11) is 1.89. The molecule has 0 bridgehead atoms. The quantitative estimate of drug-likeness (QED) is 0.721. The Hall–Kier alpha value is -2.50. The molecule has 0 fully saturated rings. The van der Waals surface area contributed by atoms with Crippen molar-refractivity contribution in [2.24, 2.45) is 7.05 Å². The van der Waals surface area contributed by atoms with Gasteiger partial charge in [0.25, 0.3) is 0 Å². The molecule has 106 valence electrons. The number of nitrogens with two attached hydrogens (primary N) is 1. The van der Waals surface area contributed by atoms with E-state index in [9.17, 15) is 4.79 Å². The van der Waals surface area contributed by atoms with E-state index in [-0.39, 0.29) is 5.56 Å². The number of benzene rings is 1. The minimum absolute atomic E-state index is 0.132. The predicted molar refractivity (Wildman–Crippen MR) is 78.0 cm³/mol. The fourth-order valence-corrected chi connectivity index (χ4v) is 2.06. The molecule has 0 unspecified atom stereocenters. The highest BCUT2D eigenvalue weighted by Gasteiger charge is 2.11. The molecule has 1 heterocycles. The summed E-state index contributed by atoms with van der Waals surface area (Å²) in [5.74, 6) is -1.01. The summed E-state index contributed by atoms with van der Waals surface area (Å²) in [6.45, 7) is 2.50. The van der Waals surface area contributed by atoms with E-state index >= 15 is 0 Å². The van der Waals surface area contributed by atoms with E-state index in [1.54, 1.807) is 19.2 Å². The molecular weight excluding hydrogens is 256 g/mol. The second kappa shape index (κ2) is 5.64. The molecule has 0 aliphatic carbocycles. The van der Waals surface area contributed by atoms with Crippen molar-refractivity contribution in [1.29, 1.82) is 0 Å². The molecular formula is C14H18N4O2. The Bertz CT molecular complexity index is 634. The summed E-state index contributed by atoms with van der Waals surface area (Å²) in [5, 5.41) is 16.4. The molecule has 0 amide bonds. The number of hydrogen-bond acceptors (Lipinski definition) is 4. The Morgan fingerprint density at radius 3 is 2.85 bits per heavy atom. The van der Waals surface area contributed by atoms with Crippen molar-refractivity contribution in [3.8, 4) is 0 Å². The van der Waals surface area contributed by atoms with Crippen LogP contribution in [0.25, 0.3) is 0 Å². The lowest BCUT2D eigenvalue weighted by molar-refractivity contribution is 0.0698. The van der Waals surface area contributed by atoms with E-state index < -0.39 is 5.97 Å². The van der Waals surface area contributed by atoms with Gasteiger partial charge in [0.2, 0.25) is 0 Å². The van der Waals surface area contributed by atoms with E-state index in [0.29, 0.717) is 12.2 Å². The van der Waals surface area contributed by atoms with Gasteiger partial charge in [-0.05, 0) is 30.7 Å². The number of anilines is 2. The van der Waals surface area contributed by atoms with E-state index in [4.69, 9.17) is 10.8 Å². The van der Waals surface area contributed by atoms with Crippen molar-refractivity contribution < 1.29 is 9.90 Å². The van der Waals surface area contributed by atoms with Gasteiger partial charge >= 0.3 is 5.97 Å². The molecule has 0 saturated carbocycles. The summed E-state index contributed by atoms with van der Waals surface area (Å²) in [6, 6.07) is 5.37. The van der Waals surface area contributed by atoms with Crippen LogP contribution in [0.3, 0.4) is 0 Å². The van der Waals surface area contributed by atoms with Gasteiger partial charge < -0.3 is 16.2 Å². The van der Waals surface area contributed by atoms with E-state index in [1.807, 2.05) is 23.9 Å². The molecule has 2 aromatic rings. The number of rotatable bonds is 5. The molecule has 0 saturated heterocycles. The second-order valence-electron chi connectivity index (χ2n) is 4.68. The maximum Gasteiger partial charge on any atom is 0.337 e. The smallest absolute Gasteiger partial charge is 0.337 e. The normalized spacial score (nSPS) is 10.5. The first-order valence-electron chi connectivity index (χ1n) is 6.33. The largest absolute Gasteiger partial charge is 0.478 e. The fraction of sp³-hybridized carbons (Fsp3) is 0.286. The van der Waals surface area contributed by atoms with Crippen LogP contribution in [-0.4, -0.2) is 27.4 Å². The lowest BCUT2D eigenvalue weighted by atomic mass is 10.1. The van der Waals surface area contributed by atoms with Crippen molar-refractivity contribution in [2.45, 2.75) is 13.3 Å². The number of nitrogens with one attached hydrogen (secondary N) is 1. The summed E-state index contributed by atoms with van der Waals surface area (Å²) >= 11 is 0. The van der Waals surface area contributed by atoms with Gasteiger partial charge in [0, 0.05) is 43.3 Å². The Balaban J connectivity index is 2.06. The van der Waals surface area contributed by atoms with Crippen LogP contribution >= 0.6 is 0 Å². The van der Waals surface area contributed by atoms with Gasteiger partial charge in [0.15, 0.2) is 0 Å². The number of nitrogen functional groups attached to an aromatic ring is 1. The van der Waals surface area contributed by atoms with Gasteiger partial charge in [-0.1, -0.05) is 0 Å². The Morgan fingerprint density at radius 1 is 1.50 bits per heavy atom. The van der Waals surface area contributed by atoms with Crippen molar-refractivity contribution in [3.05, 3.63) is 41.2 Å². The first-order chi connectivity index (χ1) is 9.49. The van der Waals surface area contributed by atoms with E-state index in [1.165, 1.54) is 0 Å². The summed E-state index contributed by atoms with van der Waals surface area (Å²) in [6.07, 6.45) is 2.56. The summed E-state index contributed by atoms with van der Waals surface area (Å²) in [5.41, 5.74) is 8.84. The monoisotopic (exact) mass is 274 g/mol. The lowest BCUT2D eigenvalue weighted by Gasteiger charge is -2.11. The van der Waals surface area contributed by atoms with Gasteiger partial charge in [-0.3, -0.25) is 4.68 Å². The van der Waals surface area contributed by atoms with Crippen molar-refractivity contribution >= 4 is 17.3 Å². The second-order valence-corrected chi connectivity index (χ2v) is 4.68. The van der Waals surface area contributed by atoms with Gasteiger partial charge in [0.1, 0.15) is 0 Å². The third-order valence-corrected chi connectivity index (χ3v) is 3.25. The number of carboxylic acid groups (broad SMARTS) is 1. The topological polar surface area (TPSA) is 93.2 Å². The average molecular weight is 274 g/mol. The van der Waals surface area contributed by atoms with Crippen LogP contribution in [-0.2, 0) is 13.5 Å². The van der Waals surface area contributed by atoms with Crippen molar-refractivity contribution in [1.82, 2.24) is 9.78 Å². The molecule has 1 aromatic carbocycles. The molecule has 6 heteroatoms. The maximum absolute atomic E-state index is 11.1. The minimum Gasteiger partial charge on any atom is -0.478 e. The number of aromatic nitrogens is 2. The van der Waals surface area contributed by atoms with E-state index in [2.05, 4.69) is 10.4 Å². The Morgan fingerprint density at radius 2 is 2.25 bits per heavy atom. The number of aryl methyl sites for hydroxylation is 2. The molecule has 0 spiro atoms. The van der Waals surface area contributed by atoms with Gasteiger partial charge in [-0.15, -0.1) is 0 Å². The number of carboxylic acids is 1. The highest BCUT2D eigenvalue weighted by atomic mass is 16.4. The van der Waals surface area contributed by atoms with Crippen LogP contribution < -0.4 is 11.1 Å². The Labute approximate surface area is 117 Å². The summed E-state index contributed by atoms with van der Waals surface area (Å²) < 4.78 is 1.82. The first-order valence-corrected chi connectivity index (χ1v) is 6.33. The molecule has 2 rings (SSSR count). The number of nitrogens with zero attached hydrogens (tertiary/aromatic N) is 2. The van der Waals surface area contributed by atoms with Crippen LogP contribution in [0.2, 0.25) is 0 Å². The lowest BCUT2D eigenvalue weighted by Crippen LogP contribution is -2.10. The molecule has 0 radical (unpaired) electrons. The minimum atomic E-state index is -1.01. The zero-order valence-corrected chi connectivity index (χ0v) is 11.6. The third kappa shape index (κ3) is 2.90. The fourth-order valence-electron chi connectivity index (χ4n) is 2.06. The molecule has 4 N–H and O–H groups in total. The average Bonchev–Trinajstić information content (AvgIpc) is 2.79. The molecule has 1 aromatic heterocycles. The van der Waals surface area contributed by atoms with Crippen molar-refractivity contribution in [2.75, 3.05) is 17.6 Å². The molecule has 0 aliphatic heterocycles. The van der Waals surface area contributed by atoms with Crippen LogP contribution in [0, 0.1) is 6.92 Å². The highest BCUT2D eigenvalue weighted by Crippen LogP contribution is 2.22. The van der Waals surface area contributed by atoms with Gasteiger partial charge in [-0.2, -0.15) is 5.10 Å². The zero-order valence-electron chi connectivity index (χ0n) is 11.6. The third-order valence-electron chi connectivity index (χ3n) is 3.25. The Kier molecular flexibility index (Phi) is 3.93. The van der Waals surface area contributed by atoms with Gasteiger partial charge in [0.05, 0.1) is 5.56 Å². The predicted octanol–water partition coefficient (Wildman–Crippen LogP) is 1.66. The van der Waals surface area contributed by atoms with Crippen LogP contribution in [0.15, 0.2) is 24.4 Å². The maximum atomic E-state index is 11.1. The number of hydrogen-bond donors (Lipinski definition) is 3. The first kappa shape index (κ1) is 13.9.